The Morgan fingerprint density at radius 2 is 2.00 bits per heavy atom. The van der Waals surface area contributed by atoms with E-state index in [0.717, 1.165) is 0 Å². The molecule has 0 aromatic carbocycles. The van der Waals surface area contributed by atoms with Crippen LogP contribution in [0.4, 0.5) is 3.89 Å². The van der Waals surface area contributed by atoms with Crippen LogP contribution < -0.4 is 0 Å². The largest absolute Gasteiger partial charge is 0.302 e. The molecule has 0 aromatic heterocycles. The molecule has 0 spiro atoms. The lowest BCUT2D eigenvalue weighted by molar-refractivity contribution is 0.546. The van der Waals surface area contributed by atoms with Crippen LogP contribution in [0.3, 0.4) is 0 Å². The van der Waals surface area contributed by atoms with E-state index < -0.39 is 16.0 Å². The van der Waals surface area contributed by atoms with Crippen LogP contribution in [0.1, 0.15) is 19.3 Å². The number of rotatable bonds is 6. The molecule has 0 aliphatic heterocycles. The maximum absolute atomic E-state index is 11.9. The lowest BCUT2D eigenvalue weighted by Gasteiger charge is -1.93. The monoisotopic (exact) mass is 195 g/mol. The Morgan fingerprint density at radius 1 is 1.33 bits per heavy atom. The van der Waals surface area contributed by atoms with Crippen molar-refractivity contribution in [1.82, 2.24) is 0 Å². The zero-order valence-electron chi connectivity index (χ0n) is 6.48. The number of hydrogen-bond donors (Lipinski definition) is 0. The summed E-state index contributed by atoms with van der Waals surface area (Å²) in [5.41, 5.74) is 7.85. The van der Waals surface area contributed by atoms with Gasteiger partial charge in [-0.05, 0) is 18.4 Å². The molecular formula is C5H10FN3O2S. The van der Waals surface area contributed by atoms with Crippen LogP contribution >= 0.6 is 0 Å². The van der Waals surface area contributed by atoms with E-state index in [2.05, 4.69) is 10.0 Å². The summed E-state index contributed by atoms with van der Waals surface area (Å²) in [6.45, 7) is 0.336. The fourth-order valence-electron chi connectivity index (χ4n) is 0.678. The van der Waals surface area contributed by atoms with Crippen molar-refractivity contribution in [3.8, 4) is 0 Å². The van der Waals surface area contributed by atoms with E-state index in [-0.39, 0.29) is 6.42 Å². The van der Waals surface area contributed by atoms with Gasteiger partial charge in [0.05, 0.1) is 5.75 Å². The van der Waals surface area contributed by atoms with Crippen LogP contribution in [-0.4, -0.2) is 20.7 Å². The van der Waals surface area contributed by atoms with Gasteiger partial charge in [0.25, 0.3) is 0 Å². The van der Waals surface area contributed by atoms with E-state index in [1.807, 2.05) is 0 Å². The molecule has 0 fully saturated rings. The smallest absolute Gasteiger partial charge is 0.195 e. The van der Waals surface area contributed by atoms with Crippen molar-refractivity contribution in [3.63, 3.8) is 0 Å². The van der Waals surface area contributed by atoms with Crippen molar-refractivity contribution in [2.45, 2.75) is 19.3 Å². The Morgan fingerprint density at radius 3 is 2.50 bits per heavy atom. The first kappa shape index (κ1) is 11.2. The van der Waals surface area contributed by atoms with E-state index in [0.29, 0.717) is 19.4 Å². The van der Waals surface area contributed by atoms with Crippen LogP contribution in [0.25, 0.3) is 10.4 Å². The van der Waals surface area contributed by atoms with Crippen LogP contribution in [-0.2, 0) is 10.2 Å². The van der Waals surface area contributed by atoms with Gasteiger partial charge in [-0.3, -0.25) is 0 Å². The highest BCUT2D eigenvalue weighted by Gasteiger charge is 2.04. The van der Waals surface area contributed by atoms with Crippen molar-refractivity contribution in [2.75, 3.05) is 12.3 Å². The molecule has 0 amide bonds. The number of hydrogen-bond acceptors (Lipinski definition) is 3. The second kappa shape index (κ2) is 5.79. The SMILES string of the molecule is [N-]=[N+]=NCCCCCS(=O)(=O)F. The fourth-order valence-corrected chi connectivity index (χ4v) is 1.23. The third kappa shape index (κ3) is 9.19. The third-order valence-electron chi connectivity index (χ3n) is 1.21. The van der Waals surface area contributed by atoms with Crippen molar-refractivity contribution in [1.29, 1.82) is 0 Å². The molecule has 0 rings (SSSR count). The zero-order valence-corrected chi connectivity index (χ0v) is 7.30. The summed E-state index contributed by atoms with van der Waals surface area (Å²) in [6, 6.07) is 0. The molecule has 7 heteroatoms. The maximum Gasteiger partial charge on any atom is 0.302 e. The Kier molecular flexibility index (Phi) is 5.40. The van der Waals surface area contributed by atoms with Crippen LogP contribution in [0.2, 0.25) is 0 Å². The molecule has 0 N–H and O–H groups in total. The molecule has 0 aliphatic carbocycles. The average Bonchev–Trinajstić information content (AvgIpc) is 1.94. The van der Waals surface area contributed by atoms with Gasteiger partial charge in [-0.1, -0.05) is 11.5 Å². The van der Waals surface area contributed by atoms with Crippen LogP contribution in [0.5, 0.6) is 0 Å². The number of azide groups is 1. The highest BCUT2D eigenvalue weighted by atomic mass is 32.3. The molecule has 0 radical (unpaired) electrons. The maximum atomic E-state index is 11.9. The van der Waals surface area contributed by atoms with Crippen molar-refractivity contribution >= 4 is 10.2 Å². The molecule has 70 valence electrons. The summed E-state index contributed by atoms with van der Waals surface area (Å²) in [6.07, 6.45) is 1.43. The highest BCUT2D eigenvalue weighted by molar-refractivity contribution is 7.86. The summed E-state index contributed by atoms with van der Waals surface area (Å²) in [4.78, 5) is 2.51. The first-order valence-corrected chi connectivity index (χ1v) is 5.05. The van der Waals surface area contributed by atoms with Gasteiger partial charge in [-0.2, -0.15) is 8.42 Å². The quantitative estimate of drug-likeness (QED) is 0.213. The van der Waals surface area contributed by atoms with Crippen molar-refractivity contribution in [2.24, 2.45) is 5.11 Å². The molecule has 0 heterocycles. The van der Waals surface area contributed by atoms with Crippen molar-refractivity contribution in [3.05, 3.63) is 10.4 Å². The lowest BCUT2D eigenvalue weighted by atomic mass is 10.2. The number of nitrogens with zero attached hydrogens (tertiary/aromatic N) is 3. The number of unbranched alkanes of at least 4 members (excludes halogenated alkanes) is 2. The summed E-state index contributed by atoms with van der Waals surface area (Å²) < 4.78 is 31.8. The van der Waals surface area contributed by atoms with E-state index in [1.165, 1.54) is 0 Å². The zero-order chi connectivity index (χ0) is 9.45. The molecular weight excluding hydrogens is 185 g/mol. The summed E-state index contributed by atoms with van der Waals surface area (Å²) in [7, 11) is -4.32. The average molecular weight is 195 g/mol. The van der Waals surface area contributed by atoms with Gasteiger partial charge < -0.3 is 0 Å². The standard InChI is InChI=1S/C5H10FN3O2S/c6-12(10,11)5-3-1-2-4-8-9-7/h1-5H2. The van der Waals surface area contributed by atoms with Gasteiger partial charge in [-0.15, -0.1) is 3.89 Å². The van der Waals surface area contributed by atoms with E-state index >= 15 is 0 Å². The van der Waals surface area contributed by atoms with E-state index in [9.17, 15) is 12.3 Å². The van der Waals surface area contributed by atoms with E-state index in [4.69, 9.17) is 5.53 Å². The Balaban J connectivity index is 3.28. The van der Waals surface area contributed by atoms with Gasteiger partial charge in [0.1, 0.15) is 0 Å². The molecule has 12 heavy (non-hydrogen) atoms. The normalized spacial score (nSPS) is 10.8. The molecule has 0 atom stereocenters. The minimum absolute atomic E-state index is 0.278. The van der Waals surface area contributed by atoms with Crippen LogP contribution in [0.15, 0.2) is 5.11 Å². The Labute approximate surface area is 70.4 Å². The third-order valence-corrected chi connectivity index (χ3v) is 1.99. The Hall–Kier alpha value is -0.810. The first-order chi connectivity index (χ1) is 5.56. The number of halogens is 1. The van der Waals surface area contributed by atoms with Crippen molar-refractivity contribution < 1.29 is 12.3 Å². The van der Waals surface area contributed by atoms with E-state index in [1.54, 1.807) is 0 Å². The van der Waals surface area contributed by atoms with Crippen LogP contribution in [0, 0.1) is 0 Å². The summed E-state index contributed by atoms with van der Waals surface area (Å²) in [5, 5.41) is 3.24. The first-order valence-electron chi connectivity index (χ1n) is 3.49. The van der Waals surface area contributed by atoms with Gasteiger partial charge in [0.2, 0.25) is 0 Å². The topological polar surface area (TPSA) is 82.9 Å². The fraction of sp³-hybridized carbons (Fsp3) is 1.00. The minimum atomic E-state index is -4.32. The minimum Gasteiger partial charge on any atom is -0.195 e. The Bertz CT molecular complexity index is 258. The van der Waals surface area contributed by atoms with Gasteiger partial charge >= 0.3 is 10.2 Å². The lowest BCUT2D eigenvalue weighted by Crippen LogP contribution is -1.98. The van der Waals surface area contributed by atoms with Gasteiger partial charge in [0, 0.05) is 11.5 Å². The molecule has 0 bridgehead atoms. The molecule has 5 nitrogen and oxygen atoms in total. The predicted octanol–water partition coefficient (Wildman–Crippen LogP) is 1.77. The molecule has 0 unspecified atom stereocenters. The van der Waals surface area contributed by atoms with Gasteiger partial charge in [-0.25, -0.2) is 0 Å². The second-order valence-electron chi connectivity index (χ2n) is 2.26. The highest BCUT2D eigenvalue weighted by Crippen LogP contribution is 2.01. The molecule has 0 aliphatic rings. The van der Waals surface area contributed by atoms with Gasteiger partial charge in [0.15, 0.2) is 0 Å². The summed E-state index contributed by atoms with van der Waals surface area (Å²) >= 11 is 0. The molecule has 0 aromatic rings. The molecule has 0 saturated heterocycles. The predicted molar refractivity (Wildman–Crippen MR) is 42.8 cm³/mol. The summed E-state index contributed by atoms with van der Waals surface area (Å²) in [5.74, 6) is -0.441. The second-order valence-corrected chi connectivity index (χ2v) is 3.74. The molecule has 0 saturated carbocycles.